The smallest absolute Gasteiger partial charge is 0.407 e. The molecule has 1 aromatic carbocycles. The van der Waals surface area contributed by atoms with Crippen molar-refractivity contribution in [2.24, 2.45) is 0 Å². The molecule has 4 rings (SSSR count). The molecule has 0 radical (unpaired) electrons. The SMILES string of the molecule is Fc1ccccc1.O=C1N[C@H](c2cc(C#Cc3ncccc3F)cnc2F)CO1. The normalized spacial score (nSPS) is 14.6. The van der Waals surface area contributed by atoms with E-state index in [4.69, 9.17) is 4.74 Å². The largest absolute Gasteiger partial charge is 0.447 e. The molecule has 0 bridgehead atoms. The second-order valence-corrected chi connectivity index (χ2v) is 5.78. The summed E-state index contributed by atoms with van der Waals surface area (Å²) < 4.78 is 43.8. The van der Waals surface area contributed by atoms with E-state index in [1.54, 1.807) is 18.2 Å². The summed E-state index contributed by atoms with van der Waals surface area (Å²) in [4.78, 5) is 18.4. The minimum atomic E-state index is -0.717. The van der Waals surface area contributed by atoms with Gasteiger partial charge in [0.25, 0.3) is 0 Å². The van der Waals surface area contributed by atoms with E-state index in [9.17, 15) is 18.0 Å². The van der Waals surface area contributed by atoms with Gasteiger partial charge in [0.05, 0.1) is 6.04 Å². The summed E-state index contributed by atoms with van der Waals surface area (Å²) in [6.45, 7) is 0.0170. The number of halogens is 3. The number of ether oxygens (including phenoxy) is 1. The summed E-state index contributed by atoms with van der Waals surface area (Å²) in [6.07, 6.45) is 2.04. The van der Waals surface area contributed by atoms with Gasteiger partial charge in [-0.05, 0) is 36.3 Å². The number of nitrogens with zero attached hydrogens (tertiary/aromatic N) is 2. The van der Waals surface area contributed by atoms with Gasteiger partial charge in [0, 0.05) is 23.5 Å². The van der Waals surface area contributed by atoms with Gasteiger partial charge in [0.2, 0.25) is 5.95 Å². The van der Waals surface area contributed by atoms with Crippen LogP contribution < -0.4 is 5.32 Å². The minimum absolute atomic E-state index is 0.00845. The lowest BCUT2D eigenvalue weighted by Gasteiger charge is -2.08. The molecule has 0 spiro atoms. The van der Waals surface area contributed by atoms with Crippen molar-refractivity contribution in [3.63, 3.8) is 0 Å². The first-order valence-electron chi connectivity index (χ1n) is 8.45. The van der Waals surface area contributed by atoms with Crippen molar-refractivity contribution in [1.29, 1.82) is 0 Å². The van der Waals surface area contributed by atoms with Crippen LogP contribution in [-0.2, 0) is 4.74 Å². The molecular formula is C21H14F3N3O2. The lowest BCUT2D eigenvalue weighted by atomic mass is 10.1. The zero-order valence-electron chi connectivity index (χ0n) is 14.9. The van der Waals surface area contributed by atoms with E-state index < -0.39 is 23.9 Å². The highest BCUT2D eigenvalue weighted by molar-refractivity contribution is 5.70. The molecule has 8 heteroatoms. The Hall–Kier alpha value is -3.86. The molecule has 1 saturated heterocycles. The lowest BCUT2D eigenvalue weighted by molar-refractivity contribution is 0.176. The Balaban J connectivity index is 0.000000290. The summed E-state index contributed by atoms with van der Waals surface area (Å²) in [5.41, 5.74) is 0.535. The van der Waals surface area contributed by atoms with Gasteiger partial charge in [0.15, 0.2) is 5.82 Å². The molecule has 3 aromatic rings. The number of nitrogens with one attached hydrogen (secondary N) is 1. The standard InChI is InChI=1S/C15H9F2N3O2.C6H5F/c16-11-2-1-5-18-12(11)4-3-9-6-10(14(17)19-7-9)13-8-22-15(21)20-13;7-6-4-2-1-3-5-6/h1-2,5-7,13H,8H2,(H,20,21);1-5H/t13-;/m0./s1. The third-order valence-electron chi connectivity index (χ3n) is 3.73. The molecule has 1 aliphatic heterocycles. The van der Waals surface area contributed by atoms with Crippen LogP contribution >= 0.6 is 0 Å². The quantitative estimate of drug-likeness (QED) is 0.502. The summed E-state index contributed by atoms with van der Waals surface area (Å²) in [6, 6.07) is 11.5. The van der Waals surface area contributed by atoms with Crippen molar-refractivity contribution in [3.05, 3.63) is 95.3 Å². The van der Waals surface area contributed by atoms with Gasteiger partial charge in [-0.2, -0.15) is 4.39 Å². The molecule has 1 fully saturated rings. The maximum atomic E-state index is 13.7. The van der Waals surface area contributed by atoms with E-state index in [0.29, 0.717) is 5.56 Å². The van der Waals surface area contributed by atoms with Gasteiger partial charge in [-0.25, -0.2) is 23.5 Å². The van der Waals surface area contributed by atoms with Crippen molar-refractivity contribution >= 4 is 6.09 Å². The molecule has 3 heterocycles. The molecule has 2 aromatic heterocycles. The number of hydrogen-bond acceptors (Lipinski definition) is 4. The van der Waals surface area contributed by atoms with E-state index in [1.807, 2.05) is 0 Å². The van der Waals surface area contributed by atoms with Crippen LogP contribution in [0.15, 0.2) is 60.9 Å². The molecule has 0 unspecified atom stereocenters. The fraction of sp³-hybridized carbons (Fsp3) is 0.0952. The number of hydrogen-bond donors (Lipinski definition) is 1. The number of amides is 1. The fourth-order valence-electron chi connectivity index (χ4n) is 2.35. The summed E-state index contributed by atoms with van der Waals surface area (Å²) in [7, 11) is 0. The molecular weight excluding hydrogens is 383 g/mol. The molecule has 146 valence electrons. The maximum absolute atomic E-state index is 13.7. The van der Waals surface area contributed by atoms with Gasteiger partial charge in [-0.1, -0.05) is 24.1 Å². The van der Waals surface area contributed by atoms with Crippen molar-refractivity contribution < 1.29 is 22.7 Å². The Bertz CT molecular complexity index is 1070. The number of rotatable bonds is 1. The Kier molecular flexibility index (Phi) is 6.43. The molecule has 29 heavy (non-hydrogen) atoms. The van der Waals surface area contributed by atoms with Crippen LogP contribution in [0.25, 0.3) is 0 Å². The second kappa shape index (κ2) is 9.37. The van der Waals surface area contributed by atoms with Gasteiger partial charge < -0.3 is 10.1 Å². The number of alkyl carbamates (subject to hydrolysis) is 1. The van der Waals surface area contributed by atoms with Crippen molar-refractivity contribution in [1.82, 2.24) is 15.3 Å². The molecule has 1 atom stereocenters. The van der Waals surface area contributed by atoms with Gasteiger partial charge in [-0.3, -0.25) is 0 Å². The van der Waals surface area contributed by atoms with E-state index in [0.717, 1.165) is 0 Å². The van der Waals surface area contributed by atoms with Crippen molar-refractivity contribution in [3.8, 4) is 11.8 Å². The first-order valence-corrected chi connectivity index (χ1v) is 8.45. The Morgan fingerprint density at radius 3 is 2.45 bits per heavy atom. The third-order valence-corrected chi connectivity index (χ3v) is 3.73. The van der Waals surface area contributed by atoms with Crippen LogP contribution in [0.2, 0.25) is 0 Å². The van der Waals surface area contributed by atoms with Gasteiger partial charge in [-0.15, -0.1) is 0 Å². The Morgan fingerprint density at radius 2 is 1.83 bits per heavy atom. The van der Waals surface area contributed by atoms with Crippen LogP contribution in [0.3, 0.4) is 0 Å². The average Bonchev–Trinajstić information content (AvgIpc) is 3.15. The van der Waals surface area contributed by atoms with Crippen molar-refractivity contribution in [2.45, 2.75) is 6.04 Å². The fourth-order valence-corrected chi connectivity index (χ4v) is 2.35. The van der Waals surface area contributed by atoms with Crippen molar-refractivity contribution in [2.75, 3.05) is 6.61 Å². The average molecular weight is 397 g/mol. The highest BCUT2D eigenvalue weighted by atomic mass is 19.1. The van der Waals surface area contributed by atoms with E-state index >= 15 is 0 Å². The Morgan fingerprint density at radius 1 is 1.03 bits per heavy atom. The molecule has 5 nitrogen and oxygen atoms in total. The zero-order valence-corrected chi connectivity index (χ0v) is 14.9. The van der Waals surface area contributed by atoms with E-state index in [1.165, 1.54) is 42.7 Å². The summed E-state index contributed by atoms with van der Waals surface area (Å²) in [5, 5.41) is 2.46. The van der Waals surface area contributed by atoms with E-state index in [2.05, 4.69) is 27.1 Å². The lowest BCUT2D eigenvalue weighted by Crippen LogP contribution is -2.19. The molecule has 1 aliphatic rings. The van der Waals surface area contributed by atoms with Crippen LogP contribution in [0.1, 0.15) is 22.9 Å². The van der Waals surface area contributed by atoms with Gasteiger partial charge >= 0.3 is 6.09 Å². The predicted molar refractivity (Wildman–Crippen MR) is 98.0 cm³/mol. The number of carbonyl (C=O) groups excluding carboxylic acids is 1. The number of pyridine rings is 2. The van der Waals surface area contributed by atoms with E-state index in [-0.39, 0.29) is 23.7 Å². The monoisotopic (exact) mass is 397 g/mol. The first-order chi connectivity index (χ1) is 14.0. The number of benzene rings is 1. The maximum Gasteiger partial charge on any atom is 0.407 e. The topological polar surface area (TPSA) is 64.1 Å². The third kappa shape index (κ3) is 5.56. The highest BCUT2D eigenvalue weighted by Gasteiger charge is 2.26. The zero-order chi connectivity index (χ0) is 20.6. The second-order valence-electron chi connectivity index (χ2n) is 5.78. The number of carbonyl (C=O) groups is 1. The minimum Gasteiger partial charge on any atom is -0.447 e. The predicted octanol–water partition coefficient (Wildman–Crippen LogP) is 3.76. The number of cyclic esters (lactones) is 1. The highest BCUT2D eigenvalue weighted by Crippen LogP contribution is 2.20. The molecule has 1 N–H and O–H groups in total. The van der Waals surface area contributed by atoms with Crippen LogP contribution in [0.5, 0.6) is 0 Å². The number of aromatic nitrogens is 2. The summed E-state index contributed by atoms with van der Waals surface area (Å²) >= 11 is 0. The molecule has 0 saturated carbocycles. The first kappa shape index (κ1) is 19.9. The van der Waals surface area contributed by atoms with Gasteiger partial charge in [0.1, 0.15) is 18.1 Å². The van der Waals surface area contributed by atoms with Crippen LogP contribution in [-0.4, -0.2) is 22.7 Å². The van der Waals surface area contributed by atoms with Crippen LogP contribution in [0, 0.1) is 29.4 Å². The van der Waals surface area contributed by atoms with Crippen LogP contribution in [0.4, 0.5) is 18.0 Å². The Labute approximate surface area is 164 Å². The summed E-state index contributed by atoms with van der Waals surface area (Å²) in [5.74, 6) is 3.79. The molecule has 1 amide bonds. The molecule has 0 aliphatic carbocycles.